The standard InChI is InChI=1S/C19H18BrF2N5O/c1-11(13-7-8-17(22)15(20)9-13)23-19(28)24-18-12(2)27(26-25-18)10-14-5-3-4-6-16(14)21/h3-9,11H,10H2,1-2H3,(H2,23,24,28)/t11-/m1/s1. The first-order valence-electron chi connectivity index (χ1n) is 8.51. The largest absolute Gasteiger partial charge is 0.331 e. The molecule has 6 nitrogen and oxygen atoms in total. The molecule has 146 valence electrons. The molecule has 0 aliphatic carbocycles. The minimum Gasteiger partial charge on any atom is -0.331 e. The Morgan fingerprint density at radius 3 is 2.68 bits per heavy atom. The number of carbonyl (C=O) groups is 1. The van der Waals surface area contributed by atoms with Gasteiger partial charge in [-0.1, -0.05) is 29.5 Å². The minimum atomic E-state index is -0.478. The molecule has 0 spiro atoms. The van der Waals surface area contributed by atoms with Crippen LogP contribution in [-0.4, -0.2) is 21.0 Å². The van der Waals surface area contributed by atoms with Crippen molar-refractivity contribution in [2.75, 3.05) is 5.32 Å². The molecule has 1 atom stereocenters. The van der Waals surface area contributed by atoms with Crippen molar-refractivity contribution in [2.45, 2.75) is 26.4 Å². The number of aromatic nitrogens is 3. The highest BCUT2D eigenvalue weighted by Gasteiger charge is 2.15. The van der Waals surface area contributed by atoms with Crippen LogP contribution in [0.15, 0.2) is 46.9 Å². The van der Waals surface area contributed by atoms with Crippen LogP contribution < -0.4 is 10.6 Å². The van der Waals surface area contributed by atoms with Crippen LogP contribution >= 0.6 is 15.9 Å². The first kappa shape index (κ1) is 19.9. The van der Waals surface area contributed by atoms with Crippen molar-refractivity contribution in [1.29, 1.82) is 0 Å². The monoisotopic (exact) mass is 449 g/mol. The summed E-state index contributed by atoms with van der Waals surface area (Å²) in [5.41, 5.74) is 1.81. The van der Waals surface area contributed by atoms with E-state index in [1.54, 1.807) is 44.2 Å². The molecule has 3 aromatic rings. The maximum absolute atomic E-state index is 13.8. The molecule has 0 aliphatic rings. The van der Waals surface area contributed by atoms with Gasteiger partial charge in [0.05, 0.1) is 22.8 Å². The van der Waals surface area contributed by atoms with Crippen LogP contribution in [0.25, 0.3) is 0 Å². The summed E-state index contributed by atoms with van der Waals surface area (Å²) < 4.78 is 29.0. The van der Waals surface area contributed by atoms with Crippen molar-refractivity contribution in [2.24, 2.45) is 0 Å². The summed E-state index contributed by atoms with van der Waals surface area (Å²) in [5.74, 6) is -0.423. The van der Waals surface area contributed by atoms with Crippen molar-refractivity contribution in [1.82, 2.24) is 20.3 Å². The summed E-state index contributed by atoms with van der Waals surface area (Å²) in [5, 5.41) is 13.3. The Balaban J connectivity index is 1.65. The van der Waals surface area contributed by atoms with Crippen molar-refractivity contribution in [3.63, 3.8) is 0 Å². The van der Waals surface area contributed by atoms with E-state index >= 15 is 0 Å². The fourth-order valence-corrected chi connectivity index (χ4v) is 3.02. The van der Waals surface area contributed by atoms with E-state index in [4.69, 9.17) is 0 Å². The molecule has 3 rings (SSSR count). The van der Waals surface area contributed by atoms with Crippen LogP contribution in [0.3, 0.4) is 0 Å². The van der Waals surface area contributed by atoms with Crippen LogP contribution in [0.1, 0.15) is 29.8 Å². The minimum absolute atomic E-state index is 0.203. The smallest absolute Gasteiger partial charge is 0.320 e. The zero-order chi connectivity index (χ0) is 20.3. The molecule has 1 heterocycles. The Bertz CT molecular complexity index is 1010. The summed E-state index contributed by atoms with van der Waals surface area (Å²) in [7, 11) is 0. The molecule has 28 heavy (non-hydrogen) atoms. The number of halogens is 3. The van der Waals surface area contributed by atoms with Crippen molar-refractivity contribution in [3.05, 3.63) is 75.4 Å². The van der Waals surface area contributed by atoms with Crippen molar-refractivity contribution >= 4 is 27.8 Å². The third-order valence-electron chi connectivity index (χ3n) is 4.28. The van der Waals surface area contributed by atoms with Crippen LogP contribution in [0.5, 0.6) is 0 Å². The van der Waals surface area contributed by atoms with Gasteiger partial charge in [0, 0.05) is 5.56 Å². The van der Waals surface area contributed by atoms with Gasteiger partial charge in [-0.05, 0) is 53.5 Å². The SMILES string of the molecule is Cc1c(NC(=O)N[C@H](C)c2ccc(F)c(Br)c2)nnn1Cc1ccccc1F. The number of carbonyl (C=O) groups excluding carboxylic acids is 1. The van der Waals surface area contributed by atoms with Gasteiger partial charge >= 0.3 is 6.03 Å². The van der Waals surface area contributed by atoms with Gasteiger partial charge in [-0.15, -0.1) is 5.10 Å². The molecule has 0 saturated carbocycles. The lowest BCUT2D eigenvalue weighted by Gasteiger charge is -2.15. The van der Waals surface area contributed by atoms with Crippen molar-refractivity contribution < 1.29 is 13.6 Å². The number of benzene rings is 2. The molecule has 2 amide bonds. The Labute approximate surface area is 169 Å². The van der Waals surface area contributed by atoms with Crippen LogP contribution in [-0.2, 0) is 6.54 Å². The molecule has 2 N–H and O–H groups in total. The van der Waals surface area contributed by atoms with Gasteiger partial charge in [0.25, 0.3) is 0 Å². The lowest BCUT2D eigenvalue weighted by molar-refractivity contribution is 0.249. The number of nitrogens with one attached hydrogen (secondary N) is 2. The number of hydrogen-bond acceptors (Lipinski definition) is 3. The number of hydrogen-bond donors (Lipinski definition) is 2. The fraction of sp³-hybridized carbons (Fsp3) is 0.211. The molecular weight excluding hydrogens is 432 g/mol. The highest BCUT2D eigenvalue weighted by molar-refractivity contribution is 9.10. The number of nitrogens with zero attached hydrogens (tertiary/aromatic N) is 3. The van der Waals surface area contributed by atoms with E-state index in [2.05, 4.69) is 36.9 Å². The highest BCUT2D eigenvalue weighted by Crippen LogP contribution is 2.21. The number of rotatable bonds is 5. The van der Waals surface area contributed by atoms with Gasteiger partial charge in [-0.2, -0.15) is 0 Å². The molecule has 0 aliphatic heterocycles. The normalized spacial score (nSPS) is 11.9. The van der Waals surface area contributed by atoms with E-state index in [1.807, 2.05) is 0 Å². The summed E-state index contributed by atoms with van der Waals surface area (Å²) in [6, 6.07) is 10.1. The summed E-state index contributed by atoms with van der Waals surface area (Å²) in [4.78, 5) is 12.3. The first-order chi connectivity index (χ1) is 13.3. The van der Waals surface area contributed by atoms with Gasteiger partial charge in [0.15, 0.2) is 5.82 Å². The number of anilines is 1. The second-order valence-corrected chi connectivity index (χ2v) is 7.12. The summed E-state index contributed by atoms with van der Waals surface area (Å²) >= 11 is 3.13. The molecule has 0 unspecified atom stereocenters. The predicted octanol–water partition coefficient (Wildman–Crippen LogP) is 4.56. The Morgan fingerprint density at radius 2 is 1.96 bits per heavy atom. The lowest BCUT2D eigenvalue weighted by atomic mass is 10.1. The maximum atomic E-state index is 13.8. The van der Waals surface area contributed by atoms with Gasteiger partial charge < -0.3 is 5.32 Å². The molecule has 0 fully saturated rings. The molecule has 2 aromatic carbocycles. The lowest BCUT2D eigenvalue weighted by Crippen LogP contribution is -2.31. The second kappa shape index (κ2) is 8.47. The van der Waals surface area contributed by atoms with E-state index in [0.717, 1.165) is 5.56 Å². The van der Waals surface area contributed by atoms with Gasteiger partial charge in [-0.25, -0.2) is 18.3 Å². The van der Waals surface area contributed by atoms with Crippen LogP contribution in [0, 0.1) is 18.6 Å². The topological polar surface area (TPSA) is 71.8 Å². The maximum Gasteiger partial charge on any atom is 0.320 e. The Hall–Kier alpha value is -2.81. The number of urea groups is 1. The van der Waals surface area contributed by atoms with Crippen molar-refractivity contribution in [3.8, 4) is 0 Å². The molecule has 9 heteroatoms. The molecule has 1 aromatic heterocycles. The van der Waals surface area contributed by atoms with E-state index < -0.39 is 6.03 Å². The Kier molecular flexibility index (Phi) is 6.03. The molecule has 0 saturated heterocycles. The van der Waals surface area contributed by atoms with Crippen LogP contribution in [0.4, 0.5) is 19.4 Å². The first-order valence-corrected chi connectivity index (χ1v) is 9.30. The van der Waals surface area contributed by atoms with Gasteiger partial charge in [0.1, 0.15) is 11.6 Å². The van der Waals surface area contributed by atoms with E-state index in [-0.39, 0.29) is 30.0 Å². The third kappa shape index (κ3) is 4.53. The summed E-state index contributed by atoms with van der Waals surface area (Å²) in [6.45, 7) is 3.72. The van der Waals surface area contributed by atoms with E-state index in [0.29, 0.717) is 15.7 Å². The zero-order valence-corrected chi connectivity index (χ0v) is 16.8. The van der Waals surface area contributed by atoms with Gasteiger partial charge in [-0.3, -0.25) is 5.32 Å². The average Bonchev–Trinajstić information content (AvgIpc) is 2.99. The summed E-state index contributed by atoms with van der Waals surface area (Å²) in [6.07, 6.45) is 0. The van der Waals surface area contributed by atoms with Gasteiger partial charge in [0.2, 0.25) is 0 Å². The predicted molar refractivity (Wildman–Crippen MR) is 105 cm³/mol. The van der Waals surface area contributed by atoms with E-state index in [9.17, 15) is 13.6 Å². The second-order valence-electron chi connectivity index (χ2n) is 6.27. The molecule has 0 radical (unpaired) electrons. The quantitative estimate of drug-likeness (QED) is 0.599. The van der Waals surface area contributed by atoms with Crippen LogP contribution in [0.2, 0.25) is 0 Å². The van der Waals surface area contributed by atoms with E-state index in [1.165, 1.54) is 16.8 Å². The Morgan fingerprint density at radius 1 is 1.21 bits per heavy atom. The highest BCUT2D eigenvalue weighted by atomic mass is 79.9. The molecular formula is C19H18BrF2N5O. The zero-order valence-electron chi connectivity index (χ0n) is 15.2. The number of amides is 2. The molecule has 0 bridgehead atoms. The third-order valence-corrected chi connectivity index (χ3v) is 4.89. The fourth-order valence-electron chi connectivity index (χ4n) is 2.62. The average molecular weight is 450 g/mol.